The Morgan fingerprint density at radius 3 is 2.96 bits per heavy atom. The first-order valence-electron chi connectivity index (χ1n) is 9.57. The number of hydrogen-bond acceptors (Lipinski definition) is 5. The summed E-state index contributed by atoms with van der Waals surface area (Å²) in [7, 11) is 0. The van der Waals surface area contributed by atoms with Crippen LogP contribution < -0.4 is 11.3 Å². The molecule has 2 unspecified atom stereocenters. The van der Waals surface area contributed by atoms with Crippen LogP contribution in [0.2, 0.25) is 0 Å². The molecule has 140 valence electrons. The molecule has 2 aromatic rings. The van der Waals surface area contributed by atoms with E-state index in [1.54, 1.807) is 22.2 Å². The first kappa shape index (κ1) is 17.7. The number of carbonyl (C=O) groups excluding carboxylic acids is 1. The third kappa shape index (κ3) is 3.07. The Labute approximate surface area is 157 Å². The van der Waals surface area contributed by atoms with E-state index < -0.39 is 0 Å². The van der Waals surface area contributed by atoms with Crippen molar-refractivity contribution in [2.75, 3.05) is 13.1 Å². The van der Waals surface area contributed by atoms with E-state index in [1.807, 2.05) is 4.90 Å². The number of aryl methyl sites for hydroxylation is 3. The van der Waals surface area contributed by atoms with E-state index in [2.05, 4.69) is 11.9 Å². The molecule has 26 heavy (non-hydrogen) atoms. The van der Waals surface area contributed by atoms with Gasteiger partial charge in [-0.05, 0) is 57.1 Å². The van der Waals surface area contributed by atoms with Crippen molar-refractivity contribution in [1.82, 2.24) is 14.5 Å². The Hall–Kier alpha value is -1.73. The van der Waals surface area contributed by atoms with Crippen molar-refractivity contribution >= 4 is 27.5 Å². The summed E-state index contributed by atoms with van der Waals surface area (Å²) in [6.45, 7) is 3.82. The number of nitrogens with zero attached hydrogens (tertiary/aromatic N) is 3. The summed E-state index contributed by atoms with van der Waals surface area (Å²) >= 11 is 1.66. The summed E-state index contributed by atoms with van der Waals surface area (Å²) < 4.78 is 1.61. The Morgan fingerprint density at radius 1 is 1.38 bits per heavy atom. The Bertz CT molecular complexity index is 888. The fraction of sp³-hybridized carbons (Fsp3) is 0.632. The highest BCUT2D eigenvalue weighted by molar-refractivity contribution is 7.18. The number of nitrogens with two attached hydrogens (primary N) is 1. The van der Waals surface area contributed by atoms with E-state index in [4.69, 9.17) is 5.73 Å². The van der Waals surface area contributed by atoms with Gasteiger partial charge in [-0.15, -0.1) is 11.3 Å². The van der Waals surface area contributed by atoms with Crippen LogP contribution in [0.4, 0.5) is 0 Å². The molecule has 1 saturated heterocycles. The van der Waals surface area contributed by atoms with E-state index in [0.717, 1.165) is 42.4 Å². The Balaban J connectivity index is 1.52. The molecule has 2 aromatic heterocycles. The van der Waals surface area contributed by atoms with Gasteiger partial charge in [0.15, 0.2) is 0 Å². The second kappa shape index (κ2) is 7.12. The van der Waals surface area contributed by atoms with E-state index in [0.29, 0.717) is 25.4 Å². The van der Waals surface area contributed by atoms with Crippen LogP contribution in [0.3, 0.4) is 0 Å². The second-order valence-corrected chi connectivity index (χ2v) is 8.70. The smallest absolute Gasteiger partial charge is 0.262 e. The Kier molecular flexibility index (Phi) is 4.84. The van der Waals surface area contributed by atoms with Crippen molar-refractivity contribution in [3.05, 3.63) is 27.1 Å². The summed E-state index contributed by atoms with van der Waals surface area (Å²) in [6.07, 6.45) is 7.28. The van der Waals surface area contributed by atoms with Gasteiger partial charge in [0, 0.05) is 30.4 Å². The summed E-state index contributed by atoms with van der Waals surface area (Å²) in [4.78, 5) is 34.1. The lowest BCUT2D eigenvalue weighted by Gasteiger charge is -2.21. The fourth-order valence-corrected chi connectivity index (χ4v) is 5.58. The van der Waals surface area contributed by atoms with Crippen molar-refractivity contribution < 1.29 is 4.79 Å². The summed E-state index contributed by atoms with van der Waals surface area (Å²) in [6, 6.07) is 0.234. The van der Waals surface area contributed by atoms with Crippen molar-refractivity contribution in [1.29, 1.82) is 0 Å². The molecule has 2 aliphatic rings. The average Bonchev–Trinajstić information content (AvgIpc) is 3.21. The minimum Gasteiger partial charge on any atom is -0.340 e. The minimum absolute atomic E-state index is 0.0107. The second-order valence-electron chi connectivity index (χ2n) is 7.62. The number of amides is 1. The van der Waals surface area contributed by atoms with E-state index >= 15 is 0 Å². The highest BCUT2D eigenvalue weighted by atomic mass is 32.1. The lowest BCUT2D eigenvalue weighted by Crippen LogP contribution is -2.35. The van der Waals surface area contributed by atoms with Crippen LogP contribution in [-0.2, 0) is 24.2 Å². The normalized spacial score (nSPS) is 22.8. The zero-order chi connectivity index (χ0) is 18.3. The van der Waals surface area contributed by atoms with Crippen LogP contribution in [0.5, 0.6) is 0 Å². The monoisotopic (exact) mass is 374 g/mol. The molecule has 2 atom stereocenters. The zero-order valence-electron chi connectivity index (χ0n) is 15.2. The van der Waals surface area contributed by atoms with Gasteiger partial charge in [-0.1, -0.05) is 0 Å². The summed E-state index contributed by atoms with van der Waals surface area (Å²) in [5.74, 6) is 0.500. The van der Waals surface area contributed by atoms with Gasteiger partial charge in [0.2, 0.25) is 5.91 Å². The standard InChI is InChI=1S/C19H26N4O2S/c1-12-8-13(9-20)10-23(12)16(24)6-7-22-11-21-18-17(19(22)25)14-4-2-3-5-15(14)26-18/h11-13H,2-10,20H2,1H3. The van der Waals surface area contributed by atoms with Crippen LogP contribution in [0.1, 0.15) is 43.0 Å². The maximum absolute atomic E-state index is 12.9. The molecule has 0 saturated carbocycles. The van der Waals surface area contributed by atoms with Crippen LogP contribution in [0, 0.1) is 5.92 Å². The molecular formula is C19H26N4O2S. The van der Waals surface area contributed by atoms with Gasteiger partial charge in [0.1, 0.15) is 4.83 Å². The fourth-order valence-electron chi connectivity index (χ4n) is 4.36. The number of rotatable bonds is 4. The molecule has 0 aromatic carbocycles. The molecule has 2 N–H and O–H groups in total. The predicted octanol–water partition coefficient (Wildman–Crippen LogP) is 1.92. The molecule has 1 aliphatic heterocycles. The number of fused-ring (bicyclic) bond motifs is 3. The molecule has 1 fully saturated rings. The minimum atomic E-state index is 0.0107. The Morgan fingerprint density at radius 2 is 2.19 bits per heavy atom. The van der Waals surface area contributed by atoms with Gasteiger partial charge in [-0.2, -0.15) is 0 Å². The van der Waals surface area contributed by atoms with E-state index in [9.17, 15) is 9.59 Å². The quantitative estimate of drug-likeness (QED) is 0.886. The number of aromatic nitrogens is 2. The molecule has 1 amide bonds. The summed E-state index contributed by atoms with van der Waals surface area (Å²) in [5, 5.41) is 0.789. The molecule has 1 aliphatic carbocycles. The van der Waals surface area contributed by atoms with Crippen molar-refractivity contribution in [2.24, 2.45) is 11.7 Å². The van der Waals surface area contributed by atoms with Gasteiger partial charge >= 0.3 is 0 Å². The molecular weight excluding hydrogens is 348 g/mol. The van der Waals surface area contributed by atoms with Crippen LogP contribution in [0.15, 0.2) is 11.1 Å². The highest BCUT2D eigenvalue weighted by Gasteiger charge is 2.31. The van der Waals surface area contributed by atoms with Gasteiger partial charge in [0.05, 0.1) is 11.7 Å². The first-order valence-corrected chi connectivity index (χ1v) is 10.4. The number of carbonyl (C=O) groups is 1. The maximum atomic E-state index is 12.9. The predicted molar refractivity (Wildman–Crippen MR) is 103 cm³/mol. The van der Waals surface area contributed by atoms with E-state index in [-0.39, 0.29) is 17.5 Å². The molecule has 4 rings (SSSR count). The first-order chi connectivity index (χ1) is 12.6. The molecule has 3 heterocycles. The van der Waals surface area contributed by atoms with Crippen molar-refractivity contribution in [3.8, 4) is 0 Å². The topological polar surface area (TPSA) is 81.2 Å². The maximum Gasteiger partial charge on any atom is 0.262 e. The zero-order valence-corrected chi connectivity index (χ0v) is 16.1. The third-order valence-corrected chi connectivity index (χ3v) is 7.02. The van der Waals surface area contributed by atoms with Gasteiger partial charge in [-0.3, -0.25) is 14.2 Å². The lowest BCUT2D eigenvalue weighted by atomic mass is 9.97. The van der Waals surface area contributed by atoms with Crippen LogP contribution >= 0.6 is 11.3 Å². The molecule has 7 heteroatoms. The highest BCUT2D eigenvalue weighted by Crippen LogP contribution is 2.33. The van der Waals surface area contributed by atoms with Gasteiger partial charge < -0.3 is 10.6 Å². The van der Waals surface area contributed by atoms with Gasteiger partial charge in [-0.25, -0.2) is 4.98 Å². The lowest BCUT2D eigenvalue weighted by molar-refractivity contribution is -0.132. The summed E-state index contributed by atoms with van der Waals surface area (Å²) in [5.41, 5.74) is 6.96. The molecule has 0 radical (unpaired) electrons. The third-order valence-electron chi connectivity index (χ3n) is 5.82. The number of thiophene rings is 1. The number of hydrogen-bond donors (Lipinski definition) is 1. The number of likely N-dealkylation sites (tertiary alicyclic amines) is 1. The SMILES string of the molecule is CC1CC(CN)CN1C(=O)CCn1cnc2sc3c(c2c1=O)CCCC3. The molecule has 0 bridgehead atoms. The average molecular weight is 375 g/mol. The van der Waals surface area contributed by atoms with Crippen molar-refractivity contribution in [3.63, 3.8) is 0 Å². The van der Waals surface area contributed by atoms with Crippen molar-refractivity contribution in [2.45, 2.75) is 58.0 Å². The molecule has 6 nitrogen and oxygen atoms in total. The largest absolute Gasteiger partial charge is 0.340 e. The van der Waals surface area contributed by atoms with Crippen LogP contribution in [0.25, 0.3) is 10.2 Å². The van der Waals surface area contributed by atoms with Crippen LogP contribution in [-0.4, -0.2) is 39.5 Å². The molecule has 0 spiro atoms. The van der Waals surface area contributed by atoms with E-state index in [1.165, 1.54) is 16.9 Å². The van der Waals surface area contributed by atoms with Gasteiger partial charge in [0.25, 0.3) is 5.56 Å².